The maximum Gasteiger partial charge on any atom is 0.118 e. The van der Waals surface area contributed by atoms with Crippen LogP contribution >= 0.6 is 43.2 Å². The van der Waals surface area contributed by atoms with Crippen molar-refractivity contribution < 1.29 is 4.74 Å². The van der Waals surface area contributed by atoms with Gasteiger partial charge < -0.3 is 10.1 Å². The van der Waals surface area contributed by atoms with E-state index in [0.717, 1.165) is 33.4 Å². The number of halogens is 2. The Morgan fingerprint density at radius 2 is 1.95 bits per heavy atom. The van der Waals surface area contributed by atoms with E-state index in [4.69, 9.17) is 4.74 Å². The average molecular weight is 433 g/mol. The predicted octanol–water partition coefficient (Wildman–Crippen LogP) is 5.57. The monoisotopic (exact) mass is 431 g/mol. The predicted molar refractivity (Wildman–Crippen MR) is 97.5 cm³/mol. The van der Waals surface area contributed by atoms with Crippen LogP contribution in [0.25, 0.3) is 0 Å². The van der Waals surface area contributed by atoms with E-state index in [1.54, 1.807) is 18.4 Å². The van der Waals surface area contributed by atoms with E-state index in [0.29, 0.717) is 6.04 Å². The van der Waals surface area contributed by atoms with Gasteiger partial charge in [0.2, 0.25) is 0 Å². The highest BCUT2D eigenvalue weighted by Gasteiger charge is 2.16. The summed E-state index contributed by atoms with van der Waals surface area (Å²) in [6, 6.07) is 10.9. The molecule has 2 nitrogen and oxygen atoms in total. The van der Waals surface area contributed by atoms with Crippen LogP contribution in [-0.4, -0.2) is 13.7 Å². The third kappa shape index (κ3) is 4.81. The topological polar surface area (TPSA) is 21.3 Å². The molecule has 0 aliphatic heterocycles. The van der Waals surface area contributed by atoms with Crippen LogP contribution in [0, 0.1) is 0 Å². The second-order valence-electron chi connectivity index (χ2n) is 4.83. The number of hydrogen-bond donors (Lipinski definition) is 1. The number of ether oxygens (including phenoxy) is 1. The number of benzene rings is 1. The minimum Gasteiger partial charge on any atom is -0.497 e. The lowest BCUT2D eigenvalue weighted by Crippen LogP contribution is -2.23. The Balaban J connectivity index is 2.15. The molecule has 1 unspecified atom stereocenters. The Morgan fingerprint density at radius 1 is 1.24 bits per heavy atom. The maximum atomic E-state index is 5.22. The summed E-state index contributed by atoms with van der Waals surface area (Å²) in [5.74, 6) is 0.901. The maximum absolute atomic E-state index is 5.22. The molecule has 0 bridgehead atoms. The highest BCUT2D eigenvalue weighted by atomic mass is 79.9. The summed E-state index contributed by atoms with van der Waals surface area (Å²) in [6.07, 6.45) is 2.11. The Morgan fingerprint density at radius 3 is 2.48 bits per heavy atom. The van der Waals surface area contributed by atoms with Crippen LogP contribution in [0.4, 0.5) is 0 Å². The number of thiophene rings is 1. The van der Waals surface area contributed by atoms with E-state index in [9.17, 15) is 0 Å². The van der Waals surface area contributed by atoms with Crippen LogP contribution < -0.4 is 10.1 Å². The summed E-state index contributed by atoms with van der Waals surface area (Å²) in [5.41, 5.74) is 1.31. The first-order chi connectivity index (χ1) is 10.1. The summed E-state index contributed by atoms with van der Waals surface area (Å²) >= 11 is 8.94. The van der Waals surface area contributed by atoms with E-state index < -0.39 is 0 Å². The number of methoxy groups -OCH3 is 1. The average Bonchev–Trinajstić information content (AvgIpc) is 2.83. The van der Waals surface area contributed by atoms with Crippen LogP contribution in [0.3, 0.4) is 0 Å². The van der Waals surface area contributed by atoms with Gasteiger partial charge in [-0.1, -0.05) is 19.1 Å². The van der Waals surface area contributed by atoms with Crippen molar-refractivity contribution in [3.8, 4) is 5.75 Å². The summed E-state index contributed by atoms with van der Waals surface area (Å²) in [5, 5.41) is 3.64. The Labute approximate surface area is 147 Å². The SMILES string of the molecule is CCCNC(Cc1ccc(OC)cc1)c1cc(Br)c(Br)s1. The van der Waals surface area contributed by atoms with Crippen molar-refractivity contribution in [3.63, 3.8) is 0 Å². The van der Waals surface area contributed by atoms with Gasteiger partial charge >= 0.3 is 0 Å². The van der Waals surface area contributed by atoms with E-state index in [-0.39, 0.29) is 0 Å². The van der Waals surface area contributed by atoms with Crippen molar-refractivity contribution in [1.29, 1.82) is 0 Å². The standard InChI is InChI=1S/C16H19Br2NOS/c1-3-8-19-14(15-10-13(17)16(18)21-15)9-11-4-6-12(20-2)7-5-11/h4-7,10,14,19H,3,8-9H2,1-2H3. The second kappa shape index (κ2) is 8.32. The van der Waals surface area contributed by atoms with Gasteiger partial charge in [-0.3, -0.25) is 0 Å². The lowest BCUT2D eigenvalue weighted by atomic mass is 10.0. The molecule has 0 aliphatic carbocycles. The number of nitrogens with one attached hydrogen (secondary N) is 1. The molecular weight excluding hydrogens is 414 g/mol. The molecule has 1 aromatic carbocycles. The molecule has 0 amide bonds. The van der Waals surface area contributed by atoms with Crippen LogP contribution in [-0.2, 0) is 6.42 Å². The lowest BCUT2D eigenvalue weighted by molar-refractivity contribution is 0.414. The first-order valence-electron chi connectivity index (χ1n) is 6.95. The van der Waals surface area contributed by atoms with Gasteiger partial charge in [-0.25, -0.2) is 0 Å². The lowest BCUT2D eigenvalue weighted by Gasteiger charge is -2.17. The molecule has 114 valence electrons. The molecule has 0 spiro atoms. The van der Waals surface area contributed by atoms with Crippen LogP contribution in [0.2, 0.25) is 0 Å². The molecule has 0 aliphatic rings. The minimum atomic E-state index is 0.339. The fourth-order valence-corrected chi connectivity index (χ4v) is 4.29. The van der Waals surface area contributed by atoms with Crippen LogP contribution in [0.15, 0.2) is 38.6 Å². The summed E-state index contributed by atoms with van der Waals surface area (Å²) in [4.78, 5) is 1.35. The number of hydrogen-bond acceptors (Lipinski definition) is 3. The normalized spacial score (nSPS) is 12.4. The Bertz CT molecular complexity index is 549. The van der Waals surface area contributed by atoms with E-state index >= 15 is 0 Å². The molecule has 0 fully saturated rings. The molecule has 0 saturated carbocycles. The largest absolute Gasteiger partial charge is 0.497 e. The molecule has 0 saturated heterocycles. The van der Waals surface area contributed by atoms with Gasteiger partial charge in [0.25, 0.3) is 0 Å². The molecule has 1 aromatic heterocycles. The van der Waals surface area contributed by atoms with Gasteiger partial charge in [0.05, 0.1) is 10.9 Å². The molecule has 1 N–H and O–H groups in total. The minimum absolute atomic E-state index is 0.339. The molecule has 5 heteroatoms. The quantitative estimate of drug-likeness (QED) is 0.617. The Hall–Kier alpha value is -0.360. The molecule has 21 heavy (non-hydrogen) atoms. The second-order valence-corrected chi connectivity index (χ2v) is 8.09. The molecule has 1 atom stereocenters. The zero-order valence-corrected chi connectivity index (χ0v) is 16.1. The van der Waals surface area contributed by atoms with Crippen molar-refractivity contribution in [2.75, 3.05) is 13.7 Å². The van der Waals surface area contributed by atoms with E-state index in [2.05, 4.69) is 62.3 Å². The molecule has 2 rings (SSSR count). The van der Waals surface area contributed by atoms with Crippen molar-refractivity contribution in [1.82, 2.24) is 5.32 Å². The van der Waals surface area contributed by atoms with Crippen molar-refractivity contribution in [2.24, 2.45) is 0 Å². The van der Waals surface area contributed by atoms with Crippen molar-refractivity contribution in [3.05, 3.63) is 49.0 Å². The third-order valence-corrected chi connectivity index (χ3v) is 6.62. The van der Waals surface area contributed by atoms with Gasteiger partial charge in [-0.15, -0.1) is 11.3 Å². The summed E-state index contributed by atoms with van der Waals surface area (Å²) in [6.45, 7) is 3.21. The first kappa shape index (κ1) is 17.0. The van der Waals surface area contributed by atoms with Gasteiger partial charge in [-0.2, -0.15) is 0 Å². The van der Waals surface area contributed by atoms with Gasteiger partial charge in [0, 0.05) is 15.4 Å². The Kier molecular flexibility index (Phi) is 6.74. The summed E-state index contributed by atoms with van der Waals surface area (Å²) < 4.78 is 7.49. The summed E-state index contributed by atoms with van der Waals surface area (Å²) in [7, 11) is 1.70. The zero-order chi connectivity index (χ0) is 15.2. The van der Waals surface area contributed by atoms with E-state index in [1.165, 1.54) is 10.4 Å². The molecular formula is C16H19Br2NOS. The van der Waals surface area contributed by atoms with Gasteiger partial charge in [0.15, 0.2) is 0 Å². The first-order valence-corrected chi connectivity index (χ1v) is 9.35. The highest BCUT2D eigenvalue weighted by Crippen LogP contribution is 2.36. The smallest absolute Gasteiger partial charge is 0.118 e. The van der Waals surface area contributed by atoms with Gasteiger partial charge in [0.1, 0.15) is 5.75 Å². The van der Waals surface area contributed by atoms with E-state index in [1.807, 2.05) is 12.1 Å². The fraction of sp³-hybridized carbons (Fsp3) is 0.375. The molecule has 0 radical (unpaired) electrons. The highest BCUT2D eigenvalue weighted by molar-refractivity contribution is 9.13. The third-order valence-electron chi connectivity index (χ3n) is 3.25. The van der Waals surface area contributed by atoms with Crippen LogP contribution in [0.1, 0.15) is 29.8 Å². The van der Waals surface area contributed by atoms with Crippen molar-refractivity contribution >= 4 is 43.2 Å². The molecule has 1 heterocycles. The molecule has 2 aromatic rings. The van der Waals surface area contributed by atoms with Gasteiger partial charge in [-0.05, 0) is 75.0 Å². The zero-order valence-electron chi connectivity index (χ0n) is 12.2. The van der Waals surface area contributed by atoms with Crippen molar-refractivity contribution in [2.45, 2.75) is 25.8 Å². The fourth-order valence-electron chi connectivity index (χ4n) is 2.12. The van der Waals surface area contributed by atoms with Crippen LogP contribution in [0.5, 0.6) is 5.75 Å². The number of rotatable bonds is 7.